The van der Waals surface area contributed by atoms with Crippen molar-refractivity contribution < 1.29 is 18.0 Å². The predicted molar refractivity (Wildman–Crippen MR) is 88.2 cm³/mol. The number of alkyl halides is 3. The van der Waals surface area contributed by atoms with Gasteiger partial charge in [0.05, 0.1) is 11.0 Å². The van der Waals surface area contributed by atoms with Crippen molar-refractivity contribution in [2.45, 2.75) is 43.8 Å². The van der Waals surface area contributed by atoms with Crippen LogP contribution in [0.25, 0.3) is 0 Å². The first-order valence-corrected chi connectivity index (χ1v) is 8.02. The normalized spacial score (nSPS) is 25.5. The summed E-state index contributed by atoms with van der Waals surface area (Å²) in [4.78, 5) is 12.7. The molecule has 1 saturated heterocycles. The molecular weight excluding hydrogens is 341 g/mol. The predicted octanol–water partition coefficient (Wildman–Crippen LogP) is 3.27. The zero-order chi connectivity index (χ0) is 16.7. The number of nitrogens with one attached hydrogen (secondary N) is 2. The van der Waals surface area contributed by atoms with Gasteiger partial charge in [-0.2, -0.15) is 13.2 Å². The van der Waals surface area contributed by atoms with Gasteiger partial charge in [-0.05, 0) is 43.4 Å². The lowest BCUT2D eigenvalue weighted by molar-refractivity contribution is -0.137. The second kappa shape index (κ2) is 6.92. The van der Waals surface area contributed by atoms with E-state index in [-0.39, 0.29) is 24.4 Å². The van der Waals surface area contributed by atoms with Crippen LogP contribution >= 0.6 is 12.4 Å². The number of carbonyl (C=O) groups excluding carboxylic acids is 1. The minimum absolute atomic E-state index is 0. The number of carbonyl (C=O) groups is 1. The molecule has 0 bridgehead atoms. The monoisotopic (exact) mass is 362 g/mol. The Hall–Kier alpha value is -1.27. The smallest absolute Gasteiger partial charge is 0.351 e. The van der Waals surface area contributed by atoms with E-state index >= 15 is 0 Å². The van der Waals surface area contributed by atoms with Gasteiger partial charge in [-0.15, -0.1) is 12.4 Å². The Morgan fingerprint density at radius 3 is 2.62 bits per heavy atom. The molecule has 2 atom stereocenters. The topological polar surface area (TPSA) is 41.1 Å². The molecule has 3 rings (SSSR count). The maximum atomic E-state index is 12.9. The first-order valence-electron chi connectivity index (χ1n) is 8.02. The number of piperidine rings is 1. The van der Waals surface area contributed by atoms with Gasteiger partial charge >= 0.3 is 6.18 Å². The molecule has 2 fully saturated rings. The zero-order valence-electron chi connectivity index (χ0n) is 13.5. The molecule has 2 unspecified atom stereocenters. The van der Waals surface area contributed by atoms with E-state index in [1.54, 1.807) is 6.07 Å². The molecule has 1 aliphatic heterocycles. The summed E-state index contributed by atoms with van der Waals surface area (Å²) in [7, 11) is 0. The highest BCUT2D eigenvalue weighted by atomic mass is 35.5. The SMILES string of the molecule is CC1CCNCC1NC(=O)C1(c2cccc(C(F)(F)F)c2)CC1.Cl. The van der Waals surface area contributed by atoms with Gasteiger partial charge in [-0.25, -0.2) is 0 Å². The van der Waals surface area contributed by atoms with Gasteiger partial charge in [0.2, 0.25) is 5.91 Å². The highest BCUT2D eigenvalue weighted by Crippen LogP contribution is 2.49. The van der Waals surface area contributed by atoms with E-state index in [4.69, 9.17) is 0 Å². The number of amides is 1. The summed E-state index contributed by atoms with van der Waals surface area (Å²) in [5.41, 5.74) is -0.999. The van der Waals surface area contributed by atoms with Crippen LogP contribution in [0.2, 0.25) is 0 Å². The molecule has 7 heteroatoms. The average molecular weight is 363 g/mol. The van der Waals surface area contributed by atoms with Crippen molar-refractivity contribution in [3.63, 3.8) is 0 Å². The van der Waals surface area contributed by atoms with Crippen LogP contribution in [0.4, 0.5) is 13.2 Å². The molecule has 1 aromatic rings. The molecule has 134 valence electrons. The van der Waals surface area contributed by atoms with Gasteiger partial charge in [0, 0.05) is 12.6 Å². The first-order chi connectivity index (χ1) is 10.8. The third-order valence-electron chi connectivity index (χ3n) is 5.07. The maximum Gasteiger partial charge on any atom is 0.416 e. The first kappa shape index (κ1) is 19.1. The fourth-order valence-electron chi connectivity index (χ4n) is 3.25. The molecule has 1 heterocycles. The summed E-state index contributed by atoms with van der Waals surface area (Å²) in [6.45, 7) is 3.74. The van der Waals surface area contributed by atoms with E-state index in [1.165, 1.54) is 6.07 Å². The van der Waals surface area contributed by atoms with Crippen molar-refractivity contribution >= 4 is 18.3 Å². The summed E-state index contributed by atoms with van der Waals surface area (Å²) in [5, 5.41) is 6.29. The van der Waals surface area contributed by atoms with Crippen LogP contribution in [0.1, 0.15) is 37.3 Å². The molecule has 1 saturated carbocycles. The summed E-state index contributed by atoms with van der Waals surface area (Å²) < 4.78 is 38.7. The molecule has 1 aromatic carbocycles. The summed E-state index contributed by atoms with van der Waals surface area (Å²) >= 11 is 0. The standard InChI is InChI=1S/C17H21F3N2O.ClH/c1-11-5-8-21-10-14(11)22-15(23)16(6-7-16)12-3-2-4-13(9-12)17(18,19)20;/h2-4,9,11,14,21H,5-8,10H2,1H3,(H,22,23);1H. The molecule has 1 amide bonds. The van der Waals surface area contributed by atoms with Crippen LogP contribution in [0.15, 0.2) is 24.3 Å². The van der Waals surface area contributed by atoms with Gasteiger partial charge in [-0.1, -0.05) is 25.1 Å². The number of rotatable bonds is 3. The Morgan fingerprint density at radius 2 is 2.04 bits per heavy atom. The Kier molecular flexibility index (Phi) is 5.50. The van der Waals surface area contributed by atoms with E-state index in [0.717, 1.165) is 25.1 Å². The Bertz CT molecular complexity index is 602. The highest BCUT2D eigenvalue weighted by Gasteiger charge is 2.52. The van der Waals surface area contributed by atoms with Crippen LogP contribution in [-0.4, -0.2) is 25.0 Å². The van der Waals surface area contributed by atoms with Crippen LogP contribution in [0.5, 0.6) is 0 Å². The molecule has 1 aliphatic carbocycles. The molecule has 0 radical (unpaired) electrons. The van der Waals surface area contributed by atoms with Crippen molar-refractivity contribution in [1.82, 2.24) is 10.6 Å². The molecule has 3 nitrogen and oxygen atoms in total. The zero-order valence-corrected chi connectivity index (χ0v) is 14.3. The van der Waals surface area contributed by atoms with Gasteiger partial charge in [-0.3, -0.25) is 4.79 Å². The number of hydrogen-bond donors (Lipinski definition) is 2. The number of hydrogen-bond acceptors (Lipinski definition) is 2. The third-order valence-corrected chi connectivity index (χ3v) is 5.07. The number of halogens is 4. The quantitative estimate of drug-likeness (QED) is 0.866. The van der Waals surface area contributed by atoms with E-state index in [0.29, 0.717) is 30.9 Å². The molecule has 0 aromatic heterocycles. The lowest BCUT2D eigenvalue weighted by Crippen LogP contribution is -2.52. The van der Waals surface area contributed by atoms with Gasteiger partial charge in [0.15, 0.2) is 0 Å². The van der Waals surface area contributed by atoms with Crippen LogP contribution in [0.3, 0.4) is 0 Å². The number of benzene rings is 1. The Morgan fingerprint density at radius 1 is 1.33 bits per heavy atom. The van der Waals surface area contributed by atoms with Gasteiger partial charge in [0.25, 0.3) is 0 Å². The Balaban J connectivity index is 0.00000208. The van der Waals surface area contributed by atoms with Crippen molar-refractivity contribution in [2.75, 3.05) is 13.1 Å². The Labute approximate surface area is 145 Å². The second-order valence-electron chi connectivity index (χ2n) is 6.71. The largest absolute Gasteiger partial charge is 0.416 e. The van der Waals surface area contributed by atoms with E-state index in [2.05, 4.69) is 17.6 Å². The van der Waals surface area contributed by atoms with E-state index in [1.807, 2.05) is 0 Å². The second-order valence-corrected chi connectivity index (χ2v) is 6.71. The molecule has 2 N–H and O–H groups in total. The van der Waals surface area contributed by atoms with Gasteiger partial charge < -0.3 is 10.6 Å². The van der Waals surface area contributed by atoms with Gasteiger partial charge in [0.1, 0.15) is 0 Å². The average Bonchev–Trinajstić information content (AvgIpc) is 3.31. The molecule has 2 aliphatic rings. The van der Waals surface area contributed by atoms with Crippen LogP contribution in [-0.2, 0) is 16.4 Å². The van der Waals surface area contributed by atoms with Crippen molar-refractivity contribution in [1.29, 1.82) is 0 Å². The van der Waals surface area contributed by atoms with Crippen LogP contribution < -0.4 is 10.6 Å². The lowest BCUT2D eigenvalue weighted by Gasteiger charge is -2.31. The third kappa shape index (κ3) is 3.70. The maximum absolute atomic E-state index is 12.9. The van der Waals surface area contributed by atoms with E-state index < -0.39 is 17.2 Å². The minimum Gasteiger partial charge on any atom is -0.351 e. The molecular formula is C17H22ClF3N2O. The molecule has 24 heavy (non-hydrogen) atoms. The highest BCUT2D eigenvalue weighted by molar-refractivity contribution is 5.91. The fraction of sp³-hybridized carbons (Fsp3) is 0.588. The summed E-state index contributed by atoms with van der Waals surface area (Å²) in [5.74, 6) is 0.231. The van der Waals surface area contributed by atoms with Crippen molar-refractivity contribution in [3.05, 3.63) is 35.4 Å². The van der Waals surface area contributed by atoms with Crippen molar-refractivity contribution in [2.24, 2.45) is 5.92 Å². The minimum atomic E-state index is -4.38. The summed E-state index contributed by atoms with van der Waals surface area (Å²) in [6.07, 6.45) is -2.19. The van der Waals surface area contributed by atoms with Crippen molar-refractivity contribution in [3.8, 4) is 0 Å². The van der Waals surface area contributed by atoms with E-state index in [9.17, 15) is 18.0 Å². The fourth-order valence-corrected chi connectivity index (χ4v) is 3.25. The lowest BCUT2D eigenvalue weighted by atomic mass is 9.90. The summed E-state index contributed by atoms with van der Waals surface area (Å²) in [6, 6.07) is 5.22. The van der Waals surface area contributed by atoms with Crippen LogP contribution in [0, 0.1) is 5.92 Å². The molecule has 0 spiro atoms.